The van der Waals surface area contributed by atoms with Crippen molar-refractivity contribution in [1.29, 1.82) is 0 Å². The number of fused-ring (bicyclic) bond motifs is 1. The van der Waals surface area contributed by atoms with Gasteiger partial charge < -0.3 is 14.8 Å². The summed E-state index contributed by atoms with van der Waals surface area (Å²) in [7, 11) is 2.54. The number of aromatic nitrogens is 1. The molecule has 0 saturated carbocycles. The smallest absolute Gasteiger partial charge is 0.342 e. The molecule has 2 aromatic carbocycles. The summed E-state index contributed by atoms with van der Waals surface area (Å²) in [6.07, 6.45) is 0. The Bertz CT molecular complexity index is 1030. The van der Waals surface area contributed by atoms with E-state index in [1.165, 1.54) is 14.2 Å². The molecule has 3 rings (SSSR count). The van der Waals surface area contributed by atoms with Gasteiger partial charge in [-0.2, -0.15) is 0 Å². The molecule has 0 aliphatic carbocycles. The Morgan fingerprint density at radius 2 is 1.44 bits per heavy atom. The van der Waals surface area contributed by atoms with Crippen LogP contribution in [0.15, 0.2) is 42.5 Å². The molecule has 0 bridgehead atoms. The quantitative estimate of drug-likeness (QED) is 0.700. The van der Waals surface area contributed by atoms with Crippen LogP contribution in [0.4, 0.5) is 11.5 Å². The zero-order valence-corrected chi connectivity index (χ0v) is 15.6. The van der Waals surface area contributed by atoms with Crippen molar-refractivity contribution in [2.75, 3.05) is 19.5 Å². The van der Waals surface area contributed by atoms with Gasteiger partial charge in [-0.05, 0) is 38.1 Å². The van der Waals surface area contributed by atoms with Crippen LogP contribution in [0.5, 0.6) is 0 Å². The lowest BCUT2D eigenvalue weighted by Crippen LogP contribution is -2.16. The fourth-order valence-corrected chi connectivity index (χ4v) is 2.86. The molecule has 0 amide bonds. The highest BCUT2D eigenvalue weighted by molar-refractivity contribution is 6.14. The Kier molecular flexibility index (Phi) is 5.07. The minimum absolute atomic E-state index is 0.0445. The third kappa shape index (κ3) is 3.60. The molecule has 6 heteroatoms. The summed E-state index contributed by atoms with van der Waals surface area (Å²) in [5.41, 5.74) is 3.52. The maximum absolute atomic E-state index is 12.5. The van der Waals surface area contributed by atoms with Crippen LogP contribution in [0, 0.1) is 13.8 Å². The first-order chi connectivity index (χ1) is 12.9. The predicted octanol–water partition coefficient (Wildman–Crippen LogP) is 4.17. The molecular formula is C21H20N2O4. The first-order valence-corrected chi connectivity index (χ1v) is 8.39. The number of nitrogens with one attached hydrogen (secondary N) is 1. The zero-order valence-electron chi connectivity index (χ0n) is 15.6. The average Bonchev–Trinajstić information content (AvgIpc) is 2.67. The number of carbonyl (C=O) groups is 2. The number of methoxy groups -OCH3 is 2. The number of pyridine rings is 1. The van der Waals surface area contributed by atoms with Crippen molar-refractivity contribution in [3.63, 3.8) is 0 Å². The second-order valence-corrected chi connectivity index (χ2v) is 6.21. The van der Waals surface area contributed by atoms with Gasteiger partial charge in [0.2, 0.25) is 0 Å². The molecule has 0 aliphatic rings. The van der Waals surface area contributed by atoms with Crippen LogP contribution in [0.1, 0.15) is 31.8 Å². The topological polar surface area (TPSA) is 77.5 Å². The Morgan fingerprint density at radius 3 is 2.07 bits per heavy atom. The summed E-state index contributed by atoms with van der Waals surface area (Å²) in [6.45, 7) is 3.88. The summed E-state index contributed by atoms with van der Waals surface area (Å²) in [5, 5.41) is 3.66. The first-order valence-electron chi connectivity index (χ1n) is 8.39. The van der Waals surface area contributed by atoms with Gasteiger partial charge in [-0.3, -0.25) is 0 Å². The second kappa shape index (κ2) is 7.45. The average molecular weight is 364 g/mol. The van der Waals surface area contributed by atoms with Gasteiger partial charge in [-0.15, -0.1) is 0 Å². The standard InChI is InChI=1S/C21H20N2O4/c1-12-5-8-14(9-6-12)22-19-18(21(25)27-4)17(20(24)26-3)15-11-13(2)7-10-16(15)23-19/h5-11H,1-4H3,(H,22,23). The van der Waals surface area contributed by atoms with Crippen LogP contribution in [0.25, 0.3) is 10.9 Å². The van der Waals surface area contributed by atoms with Crippen molar-refractivity contribution in [2.24, 2.45) is 0 Å². The van der Waals surface area contributed by atoms with Gasteiger partial charge in [-0.1, -0.05) is 29.3 Å². The highest BCUT2D eigenvalue weighted by Gasteiger charge is 2.27. The summed E-state index contributed by atoms with van der Waals surface area (Å²) in [6, 6.07) is 13.1. The van der Waals surface area contributed by atoms with Crippen LogP contribution in [0.3, 0.4) is 0 Å². The summed E-state index contributed by atoms with van der Waals surface area (Å²) in [4.78, 5) is 29.6. The molecular weight excluding hydrogens is 344 g/mol. The fraction of sp³-hybridized carbons (Fsp3) is 0.190. The molecule has 0 radical (unpaired) electrons. The van der Waals surface area contributed by atoms with Crippen molar-refractivity contribution >= 4 is 34.3 Å². The highest BCUT2D eigenvalue weighted by Crippen LogP contribution is 2.30. The molecule has 1 heterocycles. The number of hydrogen-bond donors (Lipinski definition) is 1. The highest BCUT2D eigenvalue weighted by atomic mass is 16.5. The molecule has 27 heavy (non-hydrogen) atoms. The van der Waals surface area contributed by atoms with Gasteiger partial charge in [0, 0.05) is 11.1 Å². The number of carbonyl (C=O) groups excluding carboxylic acids is 2. The van der Waals surface area contributed by atoms with E-state index in [0.717, 1.165) is 16.8 Å². The van der Waals surface area contributed by atoms with E-state index in [9.17, 15) is 9.59 Å². The van der Waals surface area contributed by atoms with Crippen molar-refractivity contribution in [3.8, 4) is 0 Å². The normalized spacial score (nSPS) is 10.5. The van der Waals surface area contributed by atoms with Crippen molar-refractivity contribution in [1.82, 2.24) is 4.98 Å². The predicted molar refractivity (Wildman–Crippen MR) is 104 cm³/mol. The summed E-state index contributed by atoms with van der Waals surface area (Å²) in [5.74, 6) is -1.05. The van der Waals surface area contributed by atoms with Crippen molar-refractivity contribution in [3.05, 3.63) is 64.7 Å². The van der Waals surface area contributed by atoms with E-state index in [2.05, 4.69) is 10.3 Å². The number of ether oxygens (including phenoxy) is 2. The van der Waals surface area contributed by atoms with Crippen LogP contribution in [-0.4, -0.2) is 31.1 Å². The maximum atomic E-state index is 12.5. The van der Waals surface area contributed by atoms with Gasteiger partial charge >= 0.3 is 11.9 Å². The third-order valence-electron chi connectivity index (χ3n) is 4.23. The first kappa shape index (κ1) is 18.4. The number of nitrogens with zero attached hydrogens (tertiary/aromatic N) is 1. The Hall–Kier alpha value is -3.41. The third-order valence-corrected chi connectivity index (χ3v) is 4.23. The molecule has 0 fully saturated rings. The Labute approximate surface area is 157 Å². The van der Waals surface area contributed by atoms with Crippen molar-refractivity contribution < 1.29 is 19.1 Å². The van der Waals surface area contributed by atoms with E-state index in [1.807, 2.05) is 44.2 Å². The second-order valence-electron chi connectivity index (χ2n) is 6.21. The fourth-order valence-electron chi connectivity index (χ4n) is 2.86. The molecule has 3 aromatic rings. The summed E-state index contributed by atoms with van der Waals surface area (Å²) < 4.78 is 9.86. The lowest BCUT2D eigenvalue weighted by Gasteiger charge is -2.16. The molecule has 0 atom stereocenters. The molecule has 0 spiro atoms. The number of rotatable bonds is 4. The Morgan fingerprint density at radius 1 is 0.852 bits per heavy atom. The van der Waals surface area contributed by atoms with E-state index >= 15 is 0 Å². The molecule has 1 N–H and O–H groups in total. The molecule has 1 aromatic heterocycles. The van der Waals surface area contributed by atoms with Crippen LogP contribution in [0.2, 0.25) is 0 Å². The zero-order chi connectivity index (χ0) is 19.6. The number of hydrogen-bond acceptors (Lipinski definition) is 6. The van der Waals surface area contributed by atoms with Gasteiger partial charge in [0.05, 0.1) is 25.3 Å². The van der Waals surface area contributed by atoms with Gasteiger partial charge in [0.15, 0.2) is 0 Å². The van der Waals surface area contributed by atoms with Crippen molar-refractivity contribution in [2.45, 2.75) is 13.8 Å². The molecule has 6 nitrogen and oxygen atoms in total. The molecule has 0 saturated heterocycles. The van der Waals surface area contributed by atoms with Crippen LogP contribution >= 0.6 is 0 Å². The monoisotopic (exact) mass is 364 g/mol. The van der Waals surface area contributed by atoms with E-state index in [0.29, 0.717) is 10.9 Å². The van der Waals surface area contributed by atoms with Gasteiger partial charge in [0.25, 0.3) is 0 Å². The van der Waals surface area contributed by atoms with E-state index in [4.69, 9.17) is 9.47 Å². The number of esters is 2. The van der Waals surface area contributed by atoms with E-state index in [1.54, 1.807) is 12.1 Å². The SMILES string of the molecule is COC(=O)c1c(Nc2ccc(C)cc2)nc2ccc(C)cc2c1C(=O)OC. The lowest BCUT2D eigenvalue weighted by atomic mass is 10.0. The molecule has 0 unspecified atom stereocenters. The molecule has 0 aliphatic heterocycles. The van der Waals surface area contributed by atoms with E-state index < -0.39 is 11.9 Å². The Balaban J connectivity index is 2.30. The maximum Gasteiger partial charge on any atom is 0.342 e. The van der Waals surface area contributed by atoms with Gasteiger partial charge in [0.1, 0.15) is 11.4 Å². The van der Waals surface area contributed by atoms with Gasteiger partial charge in [-0.25, -0.2) is 14.6 Å². The minimum atomic E-state index is -0.666. The van der Waals surface area contributed by atoms with Crippen LogP contribution in [-0.2, 0) is 9.47 Å². The minimum Gasteiger partial charge on any atom is -0.465 e. The largest absolute Gasteiger partial charge is 0.465 e. The number of benzene rings is 2. The molecule has 138 valence electrons. The number of aryl methyl sites for hydroxylation is 2. The van der Waals surface area contributed by atoms with Crippen LogP contribution < -0.4 is 5.32 Å². The summed E-state index contributed by atoms with van der Waals surface area (Å²) >= 11 is 0. The van der Waals surface area contributed by atoms with E-state index in [-0.39, 0.29) is 16.9 Å². The number of anilines is 2. The lowest BCUT2D eigenvalue weighted by molar-refractivity contribution is 0.0557.